The van der Waals surface area contributed by atoms with Crippen LogP contribution in [-0.4, -0.2) is 47.6 Å². The topological polar surface area (TPSA) is 54.5 Å². The highest BCUT2D eigenvalue weighted by Gasteiger charge is 2.49. The molecule has 1 aromatic rings. The van der Waals surface area contributed by atoms with Gasteiger partial charge in [0.1, 0.15) is 6.10 Å². The molecule has 4 bridgehead atoms. The van der Waals surface area contributed by atoms with Gasteiger partial charge in [-0.1, -0.05) is 6.07 Å². The van der Waals surface area contributed by atoms with E-state index in [9.17, 15) is 4.79 Å². The summed E-state index contributed by atoms with van der Waals surface area (Å²) < 4.78 is 5.86. The van der Waals surface area contributed by atoms with Crippen molar-refractivity contribution in [2.75, 3.05) is 19.7 Å². The molecular formula is C22H31N3O2. The molecule has 0 radical (unpaired) electrons. The summed E-state index contributed by atoms with van der Waals surface area (Å²) in [5, 5.41) is 3.42. The monoisotopic (exact) mass is 369 g/mol. The predicted octanol–water partition coefficient (Wildman–Crippen LogP) is 2.53. The summed E-state index contributed by atoms with van der Waals surface area (Å²) in [5.74, 6) is 3.39. The summed E-state index contributed by atoms with van der Waals surface area (Å²) in [7, 11) is 0. The van der Waals surface area contributed by atoms with Gasteiger partial charge in [-0.15, -0.1) is 0 Å². The fourth-order valence-electron chi connectivity index (χ4n) is 6.32. The lowest BCUT2D eigenvalue weighted by Gasteiger charge is -2.54. The Morgan fingerprint density at radius 3 is 2.67 bits per heavy atom. The molecule has 1 amide bonds. The van der Waals surface area contributed by atoms with Crippen molar-refractivity contribution in [3.63, 3.8) is 0 Å². The van der Waals surface area contributed by atoms with E-state index in [1.807, 2.05) is 12.3 Å². The van der Waals surface area contributed by atoms with Crippen LogP contribution >= 0.6 is 0 Å². The number of carbonyl (C=O) groups is 1. The van der Waals surface area contributed by atoms with Crippen LogP contribution in [0.2, 0.25) is 0 Å². The molecule has 0 spiro atoms. The number of nitrogens with one attached hydrogen (secondary N) is 1. The molecule has 6 rings (SSSR count). The van der Waals surface area contributed by atoms with E-state index in [0.717, 1.165) is 30.6 Å². The van der Waals surface area contributed by atoms with Crippen LogP contribution in [0, 0.1) is 30.6 Å². The van der Waals surface area contributed by atoms with Gasteiger partial charge in [0, 0.05) is 31.9 Å². The fraction of sp³-hybridized carbons (Fsp3) is 0.727. The third-order valence-corrected chi connectivity index (χ3v) is 7.47. The first kappa shape index (κ1) is 17.6. The molecule has 2 heterocycles. The van der Waals surface area contributed by atoms with Crippen LogP contribution in [0.5, 0.6) is 0 Å². The molecule has 5 heteroatoms. The second-order valence-electron chi connectivity index (χ2n) is 9.33. The molecule has 1 atom stereocenters. The molecule has 5 aliphatic rings. The zero-order valence-corrected chi connectivity index (χ0v) is 16.3. The highest BCUT2D eigenvalue weighted by atomic mass is 16.5. The van der Waals surface area contributed by atoms with E-state index in [1.165, 1.54) is 37.7 Å². The molecule has 1 N–H and O–H groups in total. The molecular weight excluding hydrogens is 338 g/mol. The predicted molar refractivity (Wildman–Crippen MR) is 103 cm³/mol. The summed E-state index contributed by atoms with van der Waals surface area (Å²) in [4.78, 5) is 19.8. The zero-order valence-electron chi connectivity index (χ0n) is 16.3. The van der Waals surface area contributed by atoms with Gasteiger partial charge in [0.15, 0.2) is 0 Å². The van der Waals surface area contributed by atoms with Gasteiger partial charge in [-0.2, -0.15) is 0 Å². The lowest BCUT2D eigenvalue weighted by atomic mass is 9.54. The first-order chi connectivity index (χ1) is 13.2. The normalized spacial score (nSPS) is 38.1. The van der Waals surface area contributed by atoms with E-state index in [0.29, 0.717) is 31.0 Å². The molecule has 4 saturated carbocycles. The summed E-state index contributed by atoms with van der Waals surface area (Å²) in [5.41, 5.74) is 2.30. The Kier molecular flexibility index (Phi) is 4.68. The van der Waals surface area contributed by atoms with E-state index in [1.54, 1.807) is 0 Å². The van der Waals surface area contributed by atoms with Crippen molar-refractivity contribution >= 4 is 5.91 Å². The Hall–Kier alpha value is -1.46. The number of hydrogen-bond donors (Lipinski definition) is 1. The van der Waals surface area contributed by atoms with E-state index in [2.05, 4.69) is 28.2 Å². The maximum Gasteiger partial charge on any atom is 0.250 e. The van der Waals surface area contributed by atoms with Gasteiger partial charge < -0.3 is 10.1 Å². The maximum absolute atomic E-state index is 13.0. The minimum absolute atomic E-state index is 0.106. The van der Waals surface area contributed by atoms with Crippen molar-refractivity contribution in [2.24, 2.45) is 23.7 Å². The first-order valence-corrected chi connectivity index (χ1v) is 10.7. The second kappa shape index (κ2) is 7.17. The smallest absolute Gasteiger partial charge is 0.250 e. The first-order valence-electron chi connectivity index (χ1n) is 10.7. The summed E-state index contributed by atoms with van der Waals surface area (Å²) >= 11 is 0. The number of hydrogen-bond acceptors (Lipinski definition) is 4. The molecule has 1 unspecified atom stereocenters. The lowest BCUT2D eigenvalue weighted by Crippen LogP contribution is -2.59. The molecule has 0 aromatic carbocycles. The number of ether oxygens (including phenoxy) is 1. The van der Waals surface area contributed by atoms with Crippen molar-refractivity contribution in [1.29, 1.82) is 0 Å². The highest BCUT2D eigenvalue weighted by molar-refractivity contribution is 5.81. The molecule has 1 aromatic heterocycles. The van der Waals surface area contributed by atoms with Crippen molar-refractivity contribution < 1.29 is 9.53 Å². The van der Waals surface area contributed by atoms with Crippen LogP contribution < -0.4 is 5.32 Å². The summed E-state index contributed by atoms with van der Waals surface area (Å²) in [6.07, 6.45) is 8.26. The third kappa shape index (κ3) is 3.52. The van der Waals surface area contributed by atoms with E-state index < -0.39 is 0 Å². The van der Waals surface area contributed by atoms with Crippen molar-refractivity contribution in [1.82, 2.24) is 15.2 Å². The number of amides is 1. The maximum atomic E-state index is 13.0. The van der Waals surface area contributed by atoms with Crippen LogP contribution in [-0.2, 0) is 16.1 Å². The Balaban J connectivity index is 1.20. The number of carbonyl (C=O) groups excluding carboxylic acids is 1. The molecule has 5 fully saturated rings. The van der Waals surface area contributed by atoms with Crippen molar-refractivity contribution in [3.8, 4) is 0 Å². The van der Waals surface area contributed by atoms with Crippen molar-refractivity contribution in [3.05, 3.63) is 29.6 Å². The van der Waals surface area contributed by atoms with Gasteiger partial charge in [0.25, 0.3) is 5.91 Å². The Morgan fingerprint density at radius 1 is 1.22 bits per heavy atom. The number of nitrogens with zero attached hydrogens (tertiary/aromatic N) is 2. The Labute approximate surface area is 161 Å². The molecule has 4 aliphatic carbocycles. The summed E-state index contributed by atoms with van der Waals surface area (Å²) in [6.45, 7) is 5.02. The quantitative estimate of drug-likeness (QED) is 0.886. The molecule has 1 saturated heterocycles. The molecule has 1 aliphatic heterocycles. The second-order valence-corrected chi connectivity index (χ2v) is 9.33. The van der Waals surface area contributed by atoms with Gasteiger partial charge >= 0.3 is 0 Å². The van der Waals surface area contributed by atoms with Crippen LogP contribution in [0.15, 0.2) is 18.3 Å². The van der Waals surface area contributed by atoms with Crippen LogP contribution in [0.4, 0.5) is 0 Å². The number of morpholine rings is 1. The average molecular weight is 370 g/mol. The SMILES string of the molecule is Cc1cccnc1CN1CCOC(C(=O)NC2C3CC4CC(C3)CC2C4)C1. The summed E-state index contributed by atoms with van der Waals surface area (Å²) in [6, 6.07) is 4.46. The van der Waals surface area contributed by atoms with Gasteiger partial charge in [-0.25, -0.2) is 0 Å². The molecule has 27 heavy (non-hydrogen) atoms. The number of aromatic nitrogens is 1. The van der Waals surface area contributed by atoms with Crippen molar-refractivity contribution in [2.45, 2.75) is 57.7 Å². The number of rotatable bonds is 4. The fourth-order valence-corrected chi connectivity index (χ4v) is 6.32. The zero-order chi connectivity index (χ0) is 18.4. The van der Waals surface area contributed by atoms with E-state index >= 15 is 0 Å². The van der Waals surface area contributed by atoms with Crippen LogP contribution in [0.1, 0.15) is 43.4 Å². The van der Waals surface area contributed by atoms with Gasteiger partial charge in [0.2, 0.25) is 0 Å². The Bertz CT molecular complexity index is 679. The van der Waals surface area contributed by atoms with Gasteiger partial charge in [0.05, 0.1) is 12.3 Å². The van der Waals surface area contributed by atoms with Crippen LogP contribution in [0.3, 0.4) is 0 Å². The largest absolute Gasteiger partial charge is 0.366 e. The van der Waals surface area contributed by atoms with E-state index in [4.69, 9.17) is 4.74 Å². The molecule has 5 nitrogen and oxygen atoms in total. The van der Waals surface area contributed by atoms with Gasteiger partial charge in [-0.3, -0.25) is 14.7 Å². The minimum atomic E-state index is -0.347. The molecule has 146 valence electrons. The third-order valence-electron chi connectivity index (χ3n) is 7.47. The van der Waals surface area contributed by atoms with Gasteiger partial charge in [-0.05, 0) is 74.3 Å². The standard InChI is InChI=1S/C22H31N3O2/c1-14-3-2-4-23-19(14)12-25-5-6-27-20(13-25)22(26)24-21-17-8-15-7-16(10-17)11-18(21)9-15/h2-4,15-18,20-21H,5-13H2,1H3,(H,24,26). The Morgan fingerprint density at radius 2 is 1.96 bits per heavy atom. The number of pyridine rings is 1. The number of aryl methyl sites for hydroxylation is 1. The van der Waals surface area contributed by atoms with Crippen LogP contribution in [0.25, 0.3) is 0 Å². The minimum Gasteiger partial charge on any atom is -0.366 e. The highest BCUT2D eigenvalue weighted by Crippen LogP contribution is 2.53. The average Bonchev–Trinajstić information content (AvgIpc) is 2.66. The van der Waals surface area contributed by atoms with E-state index in [-0.39, 0.29) is 12.0 Å². The lowest BCUT2D eigenvalue weighted by molar-refractivity contribution is -0.142.